The maximum Gasteiger partial charge on any atom is 0.226 e. The zero-order valence-corrected chi connectivity index (χ0v) is 22.1. The number of carbonyl (C=O) groups excluding carboxylic acids is 2. The van der Waals surface area contributed by atoms with Crippen LogP contribution in [0, 0.1) is 5.92 Å². The van der Waals surface area contributed by atoms with Crippen molar-refractivity contribution in [1.82, 2.24) is 14.8 Å². The molecule has 2 aromatic rings. The molecule has 12 heteroatoms. The predicted molar refractivity (Wildman–Crippen MR) is 142 cm³/mol. The average Bonchev–Trinajstić information content (AvgIpc) is 3.33. The van der Waals surface area contributed by atoms with Crippen LogP contribution in [-0.4, -0.2) is 59.7 Å². The lowest BCUT2D eigenvalue weighted by atomic mass is 10.1. The largest absolute Gasteiger partial charge is 0.370 e. The van der Waals surface area contributed by atoms with Crippen LogP contribution in [0.1, 0.15) is 29.5 Å². The van der Waals surface area contributed by atoms with Gasteiger partial charge in [-0.25, -0.2) is 9.98 Å². The minimum Gasteiger partial charge on any atom is -0.370 e. The second-order valence-electron chi connectivity index (χ2n) is 8.23. The number of nitrogens with two attached hydrogens (primary N) is 2. The number of nitrogens with one attached hydrogen (secondary N) is 1. The average molecular weight is 531 g/mol. The molecule has 1 aliphatic heterocycles. The Hall–Kier alpha value is -2.40. The topological polar surface area (TPSA) is 130 Å². The van der Waals surface area contributed by atoms with Crippen LogP contribution in [0.4, 0.5) is 10.8 Å². The van der Waals surface area contributed by atoms with E-state index in [1.165, 1.54) is 18.3 Å². The van der Waals surface area contributed by atoms with Gasteiger partial charge in [0.25, 0.3) is 0 Å². The van der Waals surface area contributed by atoms with Gasteiger partial charge in [0.1, 0.15) is 0 Å². The van der Waals surface area contributed by atoms with Crippen LogP contribution in [-0.2, 0) is 29.0 Å². The zero-order valence-electron chi connectivity index (χ0n) is 19.6. The fraction of sp³-hybridized carbons (Fsp3) is 0.455. The number of hydrogen-bond donors (Lipinski definition) is 3. The summed E-state index contributed by atoms with van der Waals surface area (Å²) >= 11 is 1.51. The van der Waals surface area contributed by atoms with Crippen molar-refractivity contribution in [3.05, 3.63) is 40.4 Å². The first-order valence-corrected chi connectivity index (χ1v) is 11.4. The molecular weight excluding hydrogens is 497 g/mol. The maximum atomic E-state index is 12.3. The summed E-state index contributed by atoms with van der Waals surface area (Å²) in [7, 11) is 3.60. The van der Waals surface area contributed by atoms with Gasteiger partial charge >= 0.3 is 0 Å². The molecule has 1 saturated heterocycles. The van der Waals surface area contributed by atoms with Gasteiger partial charge in [0, 0.05) is 39.0 Å². The molecule has 0 bridgehead atoms. The molecule has 1 aliphatic rings. The lowest BCUT2D eigenvalue weighted by Gasteiger charge is -2.18. The molecule has 1 fully saturated rings. The molecule has 0 aliphatic carbocycles. The van der Waals surface area contributed by atoms with E-state index in [1.807, 2.05) is 24.3 Å². The molecule has 0 spiro atoms. The number of aryl methyl sites for hydroxylation is 2. The predicted octanol–water partition coefficient (Wildman–Crippen LogP) is 2.55. The van der Waals surface area contributed by atoms with Gasteiger partial charge in [-0.15, -0.1) is 36.2 Å². The van der Waals surface area contributed by atoms with Crippen molar-refractivity contribution in [2.75, 3.05) is 32.5 Å². The Bertz CT molecular complexity index is 992. The third-order valence-electron chi connectivity index (χ3n) is 5.34. The van der Waals surface area contributed by atoms with E-state index in [0.29, 0.717) is 10.8 Å². The Morgan fingerprint density at radius 3 is 2.47 bits per heavy atom. The van der Waals surface area contributed by atoms with Gasteiger partial charge in [-0.2, -0.15) is 0 Å². The highest BCUT2D eigenvalue weighted by molar-refractivity contribution is 7.15. The van der Waals surface area contributed by atoms with Gasteiger partial charge in [0.05, 0.1) is 17.3 Å². The molecule has 3 rings (SSSR count). The fourth-order valence-electron chi connectivity index (χ4n) is 3.80. The van der Waals surface area contributed by atoms with Crippen LogP contribution >= 0.6 is 36.2 Å². The van der Waals surface area contributed by atoms with E-state index in [-0.39, 0.29) is 48.5 Å². The molecule has 0 radical (unpaired) electrons. The van der Waals surface area contributed by atoms with Gasteiger partial charge in [-0.3, -0.25) is 14.5 Å². The molecule has 5 N–H and O–H groups in total. The summed E-state index contributed by atoms with van der Waals surface area (Å²) < 4.78 is 0. The third kappa shape index (κ3) is 8.43. The molecule has 2 heterocycles. The lowest BCUT2D eigenvalue weighted by molar-refractivity contribution is -0.132. The molecule has 0 saturated carbocycles. The van der Waals surface area contributed by atoms with Gasteiger partial charge in [0.2, 0.25) is 11.8 Å². The lowest BCUT2D eigenvalue weighted by Crippen LogP contribution is -2.31. The highest BCUT2D eigenvalue weighted by Gasteiger charge is 2.30. The standard InChI is InChI=1S/C22H31N7O2S.2ClH/c1-14(30)25-22-27-18(9-6-15-4-7-17(8-5-15)26-21(23)24)19(32-22)13-29-11-10-16(12-29)20(31)28(2)3;;/h4-5,7-8,16H,6,9-13H2,1-3H3,(H4,23,24,26)(H,25,27,30);2*1H/t16-;;/m1../s1. The van der Waals surface area contributed by atoms with E-state index in [1.54, 1.807) is 19.0 Å². The van der Waals surface area contributed by atoms with Crippen molar-refractivity contribution in [1.29, 1.82) is 0 Å². The number of amides is 2. The van der Waals surface area contributed by atoms with Crippen molar-refractivity contribution in [3.63, 3.8) is 0 Å². The first kappa shape index (κ1) is 29.6. The number of hydrogen-bond acceptors (Lipinski definition) is 6. The van der Waals surface area contributed by atoms with Gasteiger partial charge in [-0.05, 0) is 43.5 Å². The minimum atomic E-state index is -0.134. The summed E-state index contributed by atoms with van der Waals surface area (Å²) in [6.45, 7) is 3.84. The van der Waals surface area contributed by atoms with Crippen molar-refractivity contribution < 1.29 is 9.59 Å². The van der Waals surface area contributed by atoms with E-state index in [4.69, 9.17) is 11.5 Å². The minimum absolute atomic E-state index is 0. The van der Waals surface area contributed by atoms with E-state index in [9.17, 15) is 9.59 Å². The Morgan fingerprint density at radius 2 is 1.88 bits per heavy atom. The number of guanidine groups is 1. The molecule has 0 unspecified atom stereocenters. The van der Waals surface area contributed by atoms with Crippen LogP contribution in [0.5, 0.6) is 0 Å². The van der Waals surface area contributed by atoms with Crippen molar-refractivity contribution in [3.8, 4) is 0 Å². The summed E-state index contributed by atoms with van der Waals surface area (Å²) in [6, 6.07) is 7.76. The summed E-state index contributed by atoms with van der Waals surface area (Å²) in [6.07, 6.45) is 2.42. The number of benzene rings is 1. The normalized spacial score (nSPS) is 15.1. The summed E-state index contributed by atoms with van der Waals surface area (Å²) in [4.78, 5) is 37.6. The molecule has 1 atom stereocenters. The van der Waals surface area contributed by atoms with Crippen LogP contribution in [0.15, 0.2) is 29.3 Å². The number of thiazole rings is 1. The summed E-state index contributed by atoms with van der Waals surface area (Å²) in [5.74, 6) is 0.122. The molecule has 1 aromatic carbocycles. The van der Waals surface area contributed by atoms with Crippen molar-refractivity contribution in [2.45, 2.75) is 32.7 Å². The highest BCUT2D eigenvalue weighted by atomic mass is 35.5. The third-order valence-corrected chi connectivity index (χ3v) is 6.33. The second kappa shape index (κ2) is 13.5. The van der Waals surface area contributed by atoms with Crippen molar-refractivity contribution >= 4 is 64.7 Å². The van der Waals surface area contributed by atoms with Crippen LogP contribution < -0.4 is 16.8 Å². The number of likely N-dealkylation sites (tertiary alicyclic amines) is 1. The molecule has 1 aromatic heterocycles. The Morgan fingerprint density at radius 1 is 1.21 bits per heavy atom. The summed E-state index contributed by atoms with van der Waals surface area (Å²) in [5, 5.41) is 3.42. The van der Waals surface area contributed by atoms with E-state index < -0.39 is 0 Å². The van der Waals surface area contributed by atoms with E-state index in [2.05, 4.69) is 20.2 Å². The maximum absolute atomic E-state index is 12.3. The number of anilines is 1. The monoisotopic (exact) mass is 529 g/mol. The van der Waals surface area contributed by atoms with Crippen LogP contribution in [0.2, 0.25) is 0 Å². The van der Waals surface area contributed by atoms with Crippen LogP contribution in [0.3, 0.4) is 0 Å². The molecular formula is C22H33Cl2N7O2S. The number of halogens is 2. The van der Waals surface area contributed by atoms with Crippen LogP contribution in [0.25, 0.3) is 0 Å². The Balaban J connectivity index is 0.00000289. The Kier molecular flexibility index (Phi) is 11.7. The van der Waals surface area contributed by atoms with Gasteiger partial charge < -0.3 is 21.7 Å². The highest BCUT2D eigenvalue weighted by Crippen LogP contribution is 2.28. The van der Waals surface area contributed by atoms with Crippen molar-refractivity contribution in [2.24, 2.45) is 22.4 Å². The first-order valence-electron chi connectivity index (χ1n) is 10.6. The Labute approximate surface area is 216 Å². The smallest absolute Gasteiger partial charge is 0.226 e. The number of nitrogens with zero attached hydrogens (tertiary/aromatic N) is 4. The molecule has 9 nitrogen and oxygen atoms in total. The quantitative estimate of drug-likeness (QED) is 0.355. The SMILES string of the molecule is CC(=O)Nc1nc(CCc2ccc(N=C(N)N)cc2)c(CN2CC[C@@H](C(=O)N(C)C)C2)s1.Cl.Cl. The van der Waals surface area contributed by atoms with E-state index >= 15 is 0 Å². The molecule has 34 heavy (non-hydrogen) atoms. The number of aliphatic imine (C=N–C) groups is 1. The summed E-state index contributed by atoms with van der Waals surface area (Å²) in [5.41, 5.74) is 13.7. The number of carbonyl (C=O) groups is 2. The van der Waals surface area contributed by atoms with E-state index in [0.717, 1.165) is 55.0 Å². The molecule has 188 valence electrons. The molecule has 2 amide bonds. The van der Waals surface area contributed by atoms with Gasteiger partial charge in [0.15, 0.2) is 11.1 Å². The fourth-order valence-corrected chi connectivity index (χ4v) is 4.90. The number of rotatable bonds is 8. The zero-order chi connectivity index (χ0) is 23.3. The van der Waals surface area contributed by atoms with Gasteiger partial charge in [-0.1, -0.05) is 12.1 Å². The second-order valence-corrected chi connectivity index (χ2v) is 9.31. The first-order chi connectivity index (χ1) is 15.2. The number of aromatic nitrogens is 1.